The van der Waals surface area contributed by atoms with Gasteiger partial charge in [0.2, 0.25) is 0 Å². The Morgan fingerprint density at radius 2 is 1.68 bits per heavy atom. The molecule has 6 heteroatoms. The molecule has 0 bridgehead atoms. The lowest BCUT2D eigenvalue weighted by atomic mass is 9.96. The molecule has 0 saturated heterocycles. The van der Waals surface area contributed by atoms with E-state index in [0.717, 1.165) is 50.5 Å². The molecule has 196 valence electrons. The van der Waals surface area contributed by atoms with E-state index in [1.54, 1.807) is 12.4 Å². The molecule has 0 saturated carbocycles. The molecule has 0 radical (unpaired) electrons. The van der Waals surface area contributed by atoms with Crippen molar-refractivity contribution < 1.29 is 4.79 Å². The van der Waals surface area contributed by atoms with Gasteiger partial charge in [0.15, 0.2) is 5.82 Å². The van der Waals surface area contributed by atoms with E-state index in [2.05, 4.69) is 47.6 Å². The van der Waals surface area contributed by atoms with Crippen molar-refractivity contribution in [1.82, 2.24) is 19.9 Å². The third-order valence-corrected chi connectivity index (χ3v) is 7.07. The van der Waals surface area contributed by atoms with Crippen LogP contribution in [0.4, 0.5) is 10.5 Å². The highest BCUT2D eigenvalue weighted by Crippen LogP contribution is 2.32. The van der Waals surface area contributed by atoms with Crippen LogP contribution in [0.3, 0.4) is 0 Å². The minimum atomic E-state index is -0.137. The van der Waals surface area contributed by atoms with Gasteiger partial charge in [-0.2, -0.15) is 0 Å². The summed E-state index contributed by atoms with van der Waals surface area (Å²) in [7, 11) is 0. The minimum absolute atomic E-state index is 0.137. The number of urea groups is 1. The van der Waals surface area contributed by atoms with Crippen LogP contribution in [0.25, 0.3) is 34.8 Å². The number of fused-ring (bicyclic) bond motifs is 1. The first kappa shape index (κ1) is 25.2. The van der Waals surface area contributed by atoms with E-state index in [0.29, 0.717) is 25.3 Å². The molecule has 1 aliphatic rings. The van der Waals surface area contributed by atoms with Gasteiger partial charge in [-0.15, -0.1) is 0 Å². The smallest absolute Gasteiger partial charge is 0.320 e. The first-order valence-corrected chi connectivity index (χ1v) is 13.4. The zero-order valence-corrected chi connectivity index (χ0v) is 22.3. The molecule has 1 aliphatic heterocycles. The monoisotopic (exact) mass is 523 g/mol. The predicted octanol–water partition coefficient (Wildman–Crippen LogP) is 7.27. The molecule has 6 rings (SSSR count). The van der Waals surface area contributed by atoms with Crippen molar-refractivity contribution >= 4 is 23.9 Å². The summed E-state index contributed by atoms with van der Waals surface area (Å²) in [5.41, 5.74) is 8.79. The summed E-state index contributed by atoms with van der Waals surface area (Å²) >= 11 is 0. The number of nitrogens with one attached hydrogen (secondary N) is 1. The summed E-state index contributed by atoms with van der Waals surface area (Å²) in [5.74, 6) is 0.656. The van der Waals surface area contributed by atoms with E-state index in [1.165, 1.54) is 0 Å². The van der Waals surface area contributed by atoms with Gasteiger partial charge >= 0.3 is 6.03 Å². The number of rotatable bonds is 5. The highest BCUT2D eigenvalue weighted by atomic mass is 16.2. The highest BCUT2D eigenvalue weighted by molar-refractivity contribution is 5.90. The van der Waals surface area contributed by atoms with Gasteiger partial charge in [-0.25, -0.2) is 14.8 Å². The fraction of sp³-hybridized carbons (Fsp3) is 0.118. The van der Waals surface area contributed by atoms with Gasteiger partial charge in [0, 0.05) is 47.7 Å². The second-order valence-corrected chi connectivity index (χ2v) is 9.85. The Hall–Kier alpha value is -5.10. The number of nitrogens with zero attached hydrogens (tertiary/aromatic N) is 4. The Balaban J connectivity index is 1.26. The molecule has 3 heterocycles. The first-order valence-electron chi connectivity index (χ1n) is 13.4. The molecule has 2 amide bonds. The molecular weight excluding hydrogens is 494 g/mol. The van der Waals surface area contributed by atoms with E-state index in [9.17, 15) is 4.79 Å². The van der Waals surface area contributed by atoms with Crippen molar-refractivity contribution in [3.63, 3.8) is 0 Å². The lowest BCUT2D eigenvalue weighted by Gasteiger charge is -2.30. The van der Waals surface area contributed by atoms with E-state index in [-0.39, 0.29) is 6.03 Å². The van der Waals surface area contributed by atoms with Crippen molar-refractivity contribution in [3.05, 3.63) is 131 Å². The van der Waals surface area contributed by atoms with Gasteiger partial charge in [-0.05, 0) is 47.9 Å². The maximum Gasteiger partial charge on any atom is 0.322 e. The van der Waals surface area contributed by atoms with Crippen LogP contribution in [0.5, 0.6) is 0 Å². The molecule has 0 atom stereocenters. The van der Waals surface area contributed by atoms with Crippen LogP contribution >= 0.6 is 0 Å². The number of carbonyl (C=O) groups excluding carboxylic acids is 1. The van der Waals surface area contributed by atoms with Crippen LogP contribution in [0.15, 0.2) is 103 Å². The fourth-order valence-electron chi connectivity index (χ4n) is 4.95. The standard InChI is InChI=1S/C34H29N5O/c1-24-9-5-6-15-29(24)32-30-23-39(20-18-31(30)37-33(38-32)27-13-8-19-35-22-27)34(40)36-28-14-7-12-26(21-28)17-16-25-10-3-2-4-11-25/h2-17,19,21-22H,18,20,23H2,1H3,(H,36,40)/b17-16+. The maximum absolute atomic E-state index is 13.4. The number of aryl methyl sites for hydroxylation is 1. The van der Waals surface area contributed by atoms with Crippen molar-refractivity contribution in [1.29, 1.82) is 0 Å². The van der Waals surface area contributed by atoms with Crippen molar-refractivity contribution in [3.8, 4) is 22.6 Å². The second kappa shape index (κ2) is 11.3. The molecule has 0 aliphatic carbocycles. The first-order chi connectivity index (χ1) is 19.6. The molecule has 5 aromatic rings. The van der Waals surface area contributed by atoms with Gasteiger partial charge in [0.05, 0.1) is 17.9 Å². The number of benzene rings is 3. The van der Waals surface area contributed by atoms with Gasteiger partial charge < -0.3 is 10.2 Å². The summed E-state index contributed by atoms with van der Waals surface area (Å²) in [6.07, 6.45) is 8.30. The van der Waals surface area contributed by atoms with Crippen LogP contribution in [-0.4, -0.2) is 32.4 Å². The second-order valence-electron chi connectivity index (χ2n) is 9.85. The minimum Gasteiger partial charge on any atom is -0.320 e. The quantitative estimate of drug-likeness (QED) is 0.246. The highest BCUT2D eigenvalue weighted by Gasteiger charge is 2.27. The SMILES string of the molecule is Cc1ccccc1-c1nc(-c2cccnc2)nc2c1CN(C(=O)Nc1cccc(/C=C/c3ccccc3)c1)CC2. The summed E-state index contributed by atoms with van der Waals surface area (Å²) in [5, 5.41) is 3.09. The summed E-state index contributed by atoms with van der Waals surface area (Å²) in [6, 6.07) is 30.0. The molecular formula is C34H29N5O. The van der Waals surface area contributed by atoms with E-state index < -0.39 is 0 Å². The topological polar surface area (TPSA) is 71.0 Å². The number of anilines is 1. The van der Waals surface area contributed by atoms with E-state index in [4.69, 9.17) is 9.97 Å². The maximum atomic E-state index is 13.4. The van der Waals surface area contributed by atoms with Crippen LogP contribution < -0.4 is 5.32 Å². The number of hydrogen-bond acceptors (Lipinski definition) is 4. The van der Waals surface area contributed by atoms with Crippen molar-refractivity contribution in [2.45, 2.75) is 19.9 Å². The largest absolute Gasteiger partial charge is 0.322 e. The third kappa shape index (κ3) is 5.52. The molecule has 3 aromatic carbocycles. The molecule has 6 nitrogen and oxygen atoms in total. The Bertz CT molecular complexity index is 1680. The summed E-state index contributed by atoms with van der Waals surface area (Å²) in [4.78, 5) is 29.4. The normalized spacial score (nSPS) is 12.8. The molecule has 0 fully saturated rings. The number of carbonyl (C=O) groups is 1. The predicted molar refractivity (Wildman–Crippen MR) is 160 cm³/mol. The van der Waals surface area contributed by atoms with Crippen LogP contribution in [0.1, 0.15) is 27.9 Å². The Morgan fingerprint density at radius 3 is 2.50 bits per heavy atom. The zero-order valence-electron chi connectivity index (χ0n) is 22.3. The third-order valence-electron chi connectivity index (χ3n) is 7.07. The molecule has 40 heavy (non-hydrogen) atoms. The van der Waals surface area contributed by atoms with Crippen molar-refractivity contribution in [2.75, 3.05) is 11.9 Å². The molecule has 2 aromatic heterocycles. The van der Waals surface area contributed by atoms with E-state index >= 15 is 0 Å². The number of amides is 2. The lowest BCUT2D eigenvalue weighted by molar-refractivity contribution is 0.206. The van der Waals surface area contributed by atoms with Gasteiger partial charge in [-0.3, -0.25) is 4.98 Å². The number of aromatic nitrogens is 3. The van der Waals surface area contributed by atoms with E-state index in [1.807, 2.05) is 77.7 Å². The lowest BCUT2D eigenvalue weighted by Crippen LogP contribution is -2.39. The van der Waals surface area contributed by atoms with Gasteiger partial charge in [0.25, 0.3) is 0 Å². The van der Waals surface area contributed by atoms with Crippen LogP contribution in [0.2, 0.25) is 0 Å². The summed E-state index contributed by atoms with van der Waals surface area (Å²) < 4.78 is 0. The summed E-state index contributed by atoms with van der Waals surface area (Å²) in [6.45, 7) is 3.09. The Labute approximate surface area is 234 Å². The number of pyridine rings is 1. The molecule has 1 N–H and O–H groups in total. The fourth-order valence-corrected chi connectivity index (χ4v) is 4.95. The Morgan fingerprint density at radius 1 is 0.875 bits per heavy atom. The zero-order chi connectivity index (χ0) is 27.3. The van der Waals surface area contributed by atoms with Crippen LogP contribution in [-0.2, 0) is 13.0 Å². The molecule has 0 spiro atoms. The Kier molecular flexibility index (Phi) is 7.14. The molecule has 0 unspecified atom stereocenters. The van der Waals surface area contributed by atoms with Crippen LogP contribution in [0, 0.1) is 6.92 Å². The van der Waals surface area contributed by atoms with Gasteiger partial charge in [-0.1, -0.05) is 78.9 Å². The average molecular weight is 524 g/mol. The number of hydrogen-bond donors (Lipinski definition) is 1. The average Bonchev–Trinajstić information content (AvgIpc) is 3.01. The van der Waals surface area contributed by atoms with Gasteiger partial charge in [0.1, 0.15) is 0 Å². The van der Waals surface area contributed by atoms with Crippen molar-refractivity contribution in [2.24, 2.45) is 0 Å².